The topological polar surface area (TPSA) is 26.0 Å². The largest absolute Gasteiger partial charge is 0.323 e. The fourth-order valence-corrected chi connectivity index (χ4v) is 3.47. The molecule has 1 aromatic carbocycles. The van der Waals surface area contributed by atoms with Gasteiger partial charge in [-0.15, -0.1) is 11.3 Å². The number of halogens is 3. The van der Waals surface area contributed by atoms with E-state index in [1.165, 1.54) is 12.1 Å². The van der Waals surface area contributed by atoms with Gasteiger partial charge >= 0.3 is 0 Å². The summed E-state index contributed by atoms with van der Waals surface area (Å²) in [7, 11) is 0. The Morgan fingerprint density at radius 3 is 2.82 bits per heavy atom. The molecule has 0 aliphatic heterocycles. The highest BCUT2D eigenvalue weighted by Gasteiger charge is 2.14. The third kappa shape index (κ3) is 3.07. The second kappa shape index (κ2) is 5.48. The van der Waals surface area contributed by atoms with Crippen LogP contribution in [0.5, 0.6) is 0 Å². The Morgan fingerprint density at radius 1 is 1.41 bits per heavy atom. The Kier molecular flexibility index (Phi) is 4.20. The molecule has 0 bridgehead atoms. The van der Waals surface area contributed by atoms with E-state index < -0.39 is 0 Å². The first-order valence-corrected chi connectivity index (χ1v) is 7.05. The van der Waals surface area contributed by atoms with Crippen LogP contribution in [0.2, 0.25) is 5.02 Å². The lowest BCUT2D eigenvalue weighted by Crippen LogP contribution is -2.13. The maximum Gasteiger partial charge on any atom is 0.126 e. The number of hydrogen-bond acceptors (Lipinski definition) is 2. The molecule has 0 saturated heterocycles. The Hall–Kier alpha value is -0.420. The summed E-state index contributed by atoms with van der Waals surface area (Å²) >= 11 is 10.8. The van der Waals surface area contributed by atoms with Gasteiger partial charge in [0, 0.05) is 20.4 Å². The van der Waals surface area contributed by atoms with Gasteiger partial charge in [-0.05, 0) is 57.6 Å². The fraction of sp³-hybridized carbons (Fsp3) is 0.167. The molecule has 2 aromatic rings. The van der Waals surface area contributed by atoms with Crippen molar-refractivity contribution in [2.24, 2.45) is 5.73 Å². The summed E-state index contributed by atoms with van der Waals surface area (Å²) < 4.78 is 14.5. The van der Waals surface area contributed by atoms with Gasteiger partial charge in [0.2, 0.25) is 0 Å². The average Bonchev–Trinajstić information content (AvgIpc) is 2.70. The number of hydrogen-bond donors (Lipinski definition) is 1. The zero-order valence-electron chi connectivity index (χ0n) is 8.79. The van der Waals surface area contributed by atoms with Crippen molar-refractivity contribution in [2.45, 2.75) is 12.5 Å². The van der Waals surface area contributed by atoms with Crippen molar-refractivity contribution in [3.05, 3.63) is 55.4 Å². The van der Waals surface area contributed by atoms with E-state index in [0.29, 0.717) is 17.0 Å². The standard InChI is InChI=1S/C12H10BrClFNS/c13-9-3-4-17-12(9)11(16)6-7-5-8(14)1-2-10(7)15/h1-5,11H,6,16H2. The predicted molar refractivity (Wildman–Crippen MR) is 74.1 cm³/mol. The highest BCUT2D eigenvalue weighted by Crippen LogP contribution is 2.30. The van der Waals surface area contributed by atoms with Gasteiger partial charge < -0.3 is 5.73 Å². The van der Waals surface area contributed by atoms with Crippen LogP contribution >= 0.6 is 38.9 Å². The van der Waals surface area contributed by atoms with Gasteiger partial charge in [0.05, 0.1) is 0 Å². The lowest BCUT2D eigenvalue weighted by Gasteiger charge is -2.11. The number of thiophene rings is 1. The zero-order chi connectivity index (χ0) is 12.4. The van der Waals surface area contributed by atoms with Crippen molar-refractivity contribution in [1.29, 1.82) is 0 Å². The molecule has 5 heteroatoms. The summed E-state index contributed by atoms with van der Waals surface area (Å²) in [4.78, 5) is 1.02. The lowest BCUT2D eigenvalue weighted by molar-refractivity contribution is 0.595. The molecular formula is C12H10BrClFNS. The fourth-order valence-electron chi connectivity index (χ4n) is 1.60. The summed E-state index contributed by atoms with van der Waals surface area (Å²) in [6.07, 6.45) is 0.436. The Labute approximate surface area is 117 Å². The van der Waals surface area contributed by atoms with Crippen LogP contribution in [0.25, 0.3) is 0 Å². The molecule has 0 saturated carbocycles. The van der Waals surface area contributed by atoms with Crippen molar-refractivity contribution in [3.63, 3.8) is 0 Å². The van der Waals surface area contributed by atoms with Gasteiger partial charge in [-0.25, -0.2) is 4.39 Å². The van der Waals surface area contributed by atoms with Crippen LogP contribution in [0.1, 0.15) is 16.5 Å². The molecule has 1 unspecified atom stereocenters. The summed E-state index contributed by atoms with van der Waals surface area (Å²) in [5.74, 6) is -0.266. The molecule has 1 nitrogen and oxygen atoms in total. The van der Waals surface area contributed by atoms with E-state index >= 15 is 0 Å². The molecule has 90 valence electrons. The molecular weight excluding hydrogens is 325 g/mol. The first-order chi connectivity index (χ1) is 8.08. The van der Waals surface area contributed by atoms with Crippen molar-refractivity contribution in [3.8, 4) is 0 Å². The van der Waals surface area contributed by atoms with Crippen LogP contribution in [-0.2, 0) is 6.42 Å². The maximum absolute atomic E-state index is 13.5. The Balaban J connectivity index is 2.21. The minimum atomic E-state index is -0.266. The van der Waals surface area contributed by atoms with Gasteiger partial charge in [-0.2, -0.15) is 0 Å². The molecule has 1 atom stereocenters. The summed E-state index contributed by atoms with van der Waals surface area (Å²) in [6, 6.07) is 6.24. The van der Waals surface area contributed by atoms with Crippen LogP contribution in [0.3, 0.4) is 0 Å². The minimum Gasteiger partial charge on any atom is -0.323 e. The average molecular weight is 335 g/mol. The molecule has 0 amide bonds. The van der Waals surface area contributed by atoms with E-state index in [-0.39, 0.29) is 11.9 Å². The second-order valence-electron chi connectivity index (χ2n) is 3.68. The molecule has 2 rings (SSSR count). The Bertz CT molecular complexity index is 529. The molecule has 0 aliphatic rings. The van der Waals surface area contributed by atoms with Crippen molar-refractivity contribution >= 4 is 38.9 Å². The maximum atomic E-state index is 13.5. The van der Waals surface area contributed by atoms with Gasteiger partial charge in [0.1, 0.15) is 5.82 Å². The van der Waals surface area contributed by atoms with Crippen LogP contribution < -0.4 is 5.73 Å². The summed E-state index contributed by atoms with van der Waals surface area (Å²) in [5, 5.41) is 2.48. The van der Waals surface area contributed by atoms with Gasteiger partial charge in [0.25, 0.3) is 0 Å². The zero-order valence-corrected chi connectivity index (χ0v) is 11.9. The molecule has 0 aliphatic carbocycles. The van der Waals surface area contributed by atoms with Crippen LogP contribution in [0.4, 0.5) is 4.39 Å². The van der Waals surface area contributed by atoms with Crippen LogP contribution in [0, 0.1) is 5.82 Å². The van der Waals surface area contributed by atoms with Crippen molar-refractivity contribution in [2.75, 3.05) is 0 Å². The van der Waals surface area contributed by atoms with Crippen molar-refractivity contribution < 1.29 is 4.39 Å². The number of rotatable bonds is 3. The SMILES string of the molecule is NC(Cc1cc(Cl)ccc1F)c1sccc1Br. The summed E-state index contributed by atoms with van der Waals surface area (Å²) in [5.41, 5.74) is 6.61. The lowest BCUT2D eigenvalue weighted by atomic mass is 10.0. The van der Waals surface area contributed by atoms with E-state index in [0.717, 1.165) is 9.35 Å². The second-order valence-corrected chi connectivity index (χ2v) is 5.92. The van der Waals surface area contributed by atoms with E-state index in [1.54, 1.807) is 17.4 Å². The third-order valence-corrected chi connectivity index (χ3v) is 4.67. The third-order valence-electron chi connectivity index (χ3n) is 2.43. The Morgan fingerprint density at radius 2 is 2.18 bits per heavy atom. The molecule has 0 fully saturated rings. The first kappa shape index (κ1) is 13.0. The highest BCUT2D eigenvalue weighted by atomic mass is 79.9. The molecule has 0 radical (unpaired) electrons. The van der Waals surface area contributed by atoms with Gasteiger partial charge in [-0.1, -0.05) is 11.6 Å². The monoisotopic (exact) mass is 333 g/mol. The molecule has 1 heterocycles. The molecule has 2 N–H and O–H groups in total. The smallest absolute Gasteiger partial charge is 0.126 e. The van der Waals surface area contributed by atoms with E-state index in [9.17, 15) is 4.39 Å². The predicted octanol–water partition coefficient (Wildman–Crippen LogP) is 4.55. The van der Waals surface area contributed by atoms with Gasteiger partial charge in [-0.3, -0.25) is 0 Å². The van der Waals surface area contributed by atoms with Gasteiger partial charge in [0.15, 0.2) is 0 Å². The van der Waals surface area contributed by atoms with E-state index in [4.69, 9.17) is 17.3 Å². The molecule has 1 aromatic heterocycles. The van der Waals surface area contributed by atoms with Crippen LogP contribution in [0.15, 0.2) is 34.1 Å². The quantitative estimate of drug-likeness (QED) is 0.876. The first-order valence-electron chi connectivity index (χ1n) is 5.00. The highest BCUT2D eigenvalue weighted by molar-refractivity contribution is 9.10. The molecule has 17 heavy (non-hydrogen) atoms. The molecule has 0 spiro atoms. The van der Waals surface area contributed by atoms with Crippen LogP contribution in [-0.4, -0.2) is 0 Å². The minimum absolute atomic E-state index is 0.225. The summed E-state index contributed by atoms with van der Waals surface area (Å²) in [6.45, 7) is 0. The normalized spacial score (nSPS) is 12.7. The van der Waals surface area contributed by atoms with E-state index in [2.05, 4.69) is 15.9 Å². The van der Waals surface area contributed by atoms with E-state index in [1.807, 2.05) is 11.4 Å². The number of nitrogens with two attached hydrogens (primary N) is 1. The van der Waals surface area contributed by atoms with Crippen molar-refractivity contribution in [1.82, 2.24) is 0 Å². The number of benzene rings is 1.